The Bertz CT molecular complexity index is 1770. The van der Waals surface area contributed by atoms with Gasteiger partial charge < -0.3 is 14.5 Å². The van der Waals surface area contributed by atoms with Gasteiger partial charge in [-0.25, -0.2) is 14.6 Å². The van der Waals surface area contributed by atoms with Crippen LogP contribution in [0.5, 0.6) is 11.5 Å². The number of nitrogens with zero attached hydrogens (tertiary/aromatic N) is 1. The Morgan fingerprint density at radius 3 is 2.55 bits per heavy atom. The van der Waals surface area contributed by atoms with E-state index in [0.29, 0.717) is 31.8 Å². The van der Waals surface area contributed by atoms with Gasteiger partial charge in [-0.15, -0.1) is 0 Å². The number of rotatable bonds is 7. The van der Waals surface area contributed by atoms with Crippen molar-refractivity contribution in [1.82, 2.24) is 10.4 Å². The van der Waals surface area contributed by atoms with Gasteiger partial charge in [0.25, 0.3) is 5.91 Å². The third-order valence-electron chi connectivity index (χ3n) is 6.00. The first kappa shape index (κ1) is 27.1. The van der Waals surface area contributed by atoms with E-state index in [1.807, 2.05) is 30.3 Å². The molecular formula is C30H20BrClFN3O4. The maximum absolute atomic E-state index is 14.6. The summed E-state index contributed by atoms with van der Waals surface area (Å²) in [5.74, 6) is -1.26. The Balaban J connectivity index is 1.42. The summed E-state index contributed by atoms with van der Waals surface area (Å²) < 4.78 is 26.1. The number of hydrogen-bond donors (Lipinski definition) is 2. The molecule has 7 nitrogen and oxygen atoms in total. The lowest BCUT2D eigenvalue weighted by Gasteiger charge is -2.11. The Morgan fingerprint density at radius 2 is 1.77 bits per heavy atom. The molecule has 5 rings (SSSR count). The van der Waals surface area contributed by atoms with E-state index in [-0.39, 0.29) is 22.5 Å². The number of aromatic nitrogens is 1. The van der Waals surface area contributed by atoms with Crippen molar-refractivity contribution in [2.24, 2.45) is 5.10 Å². The molecule has 5 aromatic rings. The molecule has 0 saturated heterocycles. The highest BCUT2D eigenvalue weighted by Gasteiger charge is 2.21. The summed E-state index contributed by atoms with van der Waals surface area (Å²) in [6, 6.07) is 23.4. The molecule has 0 aliphatic carbocycles. The smallest absolute Gasteiger partial charge is 0.347 e. The summed E-state index contributed by atoms with van der Waals surface area (Å²) in [4.78, 5) is 29.0. The van der Waals surface area contributed by atoms with Crippen molar-refractivity contribution in [2.45, 2.75) is 0 Å². The second-order valence-corrected chi connectivity index (χ2v) is 9.87. The first-order valence-electron chi connectivity index (χ1n) is 11.9. The highest BCUT2D eigenvalue weighted by Crippen LogP contribution is 2.33. The summed E-state index contributed by atoms with van der Waals surface area (Å²) in [7, 11) is 1.44. The maximum Gasteiger partial charge on any atom is 0.347 e. The number of H-pyrrole nitrogens is 1. The Morgan fingerprint density at radius 1 is 1.00 bits per heavy atom. The first-order valence-corrected chi connectivity index (χ1v) is 13.1. The zero-order valence-corrected chi connectivity index (χ0v) is 23.2. The number of carbonyl (C=O) groups excluding carboxylic acids is 2. The summed E-state index contributed by atoms with van der Waals surface area (Å²) in [6.45, 7) is 0. The zero-order valence-electron chi connectivity index (χ0n) is 20.9. The van der Waals surface area contributed by atoms with Crippen LogP contribution < -0.4 is 14.9 Å². The molecule has 2 N–H and O–H groups in total. The van der Waals surface area contributed by atoms with Crippen molar-refractivity contribution < 1.29 is 23.5 Å². The predicted octanol–water partition coefficient (Wildman–Crippen LogP) is 7.38. The maximum atomic E-state index is 14.6. The van der Waals surface area contributed by atoms with Crippen LogP contribution in [0.15, 0.2) is 94.5 Å². The van der Waals surface area contributed by atoms with Gasteiger partial charge in [0.15, 0.2) is 0 Å². The fraction of sp³-hybridized carbons (Fsp3) is 0.0333. The summed E-state index contributed by atoms with van der Waals surface area (Å²) in [6.07, 6.45) is 1.34. The van der Waals surface area contributed by atoms with Crippen molar-refractivity contribution in [3.63, 3.8) is 0 Å². The summed E-state index contributed by atoms with van der Waals surface area (Å²) in [5, 5.41) is 4.99. The molecule has 0 saturated carbocycles. The number of hydrazone groups is 1. The average Bonchev–Trinajstić information content (AvgIpc) is 3.36. The molecule has 40 heavy (non-hydrogen) atoms. The fourth-order valence-corrected chi connectivity index (χ4v) is 4.73. The molecule has 1 heterocycles. The number of methoxy groups -OCH3 is 1. The largest absolute Gasteiger partial charge is 0.496 e. The average molecular weight is 621 g/mol. The topological polar surface area (TPSA) is 92.8 Å². The summed E-state index contributed by atoms with van der Waals surface area (Å²) >= 11 is 9.44. The van der Waals surface area contributed by atoms with Crippen LogP contribution in [0.3, 0.4) is 0 Å². The lowest BCUT2D eigenvalue weighted by molar-refractivity contribution is 0.0730. The van der Waals surface area contributed by atoms with E-state index in [9.17, 15) is 14.0 Å². The molecule has 0 aliphatic heterocycles. The van der Waals surface area contributed by atoms with Gasteiger partial charge in [-0.3, -0.25) is 4.79 Å². The van der Waals surface area contributed by atoms with Crippen LogP contribution >= 0.6 is 27.5 Å². The SMILES string of the molecule is COc1ccc(Cl)cc1C(=O)Oc1ccc(Br)cc1C=NNC(=O)c1[nH]c2c(F)cccc2c1-c1ccccc1. The highest BCUT2D eigenvalue weighted by molar-refractivity contribution is 9.10. The number of ether oxygens (including phenoxy) is 2. The normalized spacial score (nSPS) is 11.1. The number of nitrogens with one attached hydrogen (secondary N) is 2. The van der Waals surface area contributed by atoms with Gasteiger partial charge in [0.2, 0.25) is 0 Å². The zero-order chi connectivity index (χ0) is 28.2. The van der Waals surface area contributed by atoms with Gasteiger partial charge in [0.05, 0.1) is 18.8 Å². The van der Waals surface area contributed by atoms with Gasteiger partial charge in [-0.05, 0) is 48.0 Å². The van der Waals surface area contributed by atoms with Gasteiger partial charge in [-0.1, -0.05) is 70.0 Å². The molecular weight excluding hydrogens is 601 g/mol. The first-order chi connectivity index (χ1) is 19.4. The van der Waals surface area contributed by atoms with E-state index < -0.39 is 17.7 Å². The number of halogens is 3. The molecule has 0 spiro atoms. The van der Waals surface area contributed by atoms with E-state index in [1.54, 1.807) is 42.5 Å². The molecule has 4 aromatic carbocycles. The van der Waals surface area contributed by atoms with E-state index >= 15 is 0 Å². The number of fused-ring (bicyclic) bond motifs is 1. The van der Waals surface area contributed by atoms with Crippen LogP contribution in [-0.2, 0) is 0 Å². The van der Waals surface area contributed by atoms with E-state index in [4.69, 9.17) is 21.1 Å². The highest BCUT2D eigenvalue weighted by atomic mass is 79.9. The number of para-hydroxylation sites is 1. The van der Waals surface area contributed by atoms with Crippen LogP contribution in [0.2, 0.25) is 5.02 Å². The van der Waals surface area contributed by atoms with Crippen molar-refractivity contribution in [3.8, 4) is 22.6 Å². The van der Waals surface area contributed by atoms with Crippen molar-refractivity contribution in [1.29, 1.82) is 0 Å². The van der Waals surface area contributed by atoms with Gasteiger partial charge in [0.1, 0.15) is 28.6 Å². The van der Waals surface area contributed by atoms with E-state index in [2.05, 4.69) is 31.4 Å². The van der Waals surface area contributed by atoms with E-state index in [0.717, 1.165) is 5.56 Å². The third-order valence-corrected chi connectivity index (χ3v) is 6.73. The number of aromatic amines is 1. The number of hydrogen-bond acceptors (Lipinski definition) is 5. The number of benzene rings is 4. The van der Waals surface area contributed by atoms with Crippen LogP contribution in [0.1, 0.15) is 26.4 Å². The molecule has 0 fully saturated rings. The quantitative estimate of drug-likeness (QED) is 0.0859. The molecule has 10 heteroatoms. The molecule has 0 atom stereocenters. The lowest BCUT2D eigenvalue weighted by Crippen LogP contribution is -2.19. The molecule has 1 aromatic heterocycles. The van der Waals surface area contributed by atoms with Gasteiger partial charge in [0, 0.05) is 26.0 Å². The standard InChI is InChI=1S/C30H20BrClFN3O4/c1-39-25-13-11-20(32)15-22(25)30(38)40-24-12-10-19(31)14-18(24)16-34-36-29(37)28-26(17-6-3-2-4-7-17)21-8-5-9-23(33)27(21)35-28/h2-16,35H,1H3,(H,36,37). The number of carbonyl (C=O) groups is 2. The Hall–Kier alpha value is -4.47. The Kier molecular flexibility index (Phi) is 7.95. The number of amides is 1. The molecule has 0 aliphatic rings. The number of esters is 1. The minimum absolute atomic E-state index is 0.147. The summed E-state index contributed by atoms with van der Waals surface area (Å²) in [5.41, 5.74) is 4.68. The van der Waals surface area contributed by atoms with Crippen LogP contribution in [-0.4, -0.2) is 30.2 Å². The molecule has 0 unspecified atom stereocenters. The van der Waals surface area contributed by atoms with Gasteiger partial charge in [-0.2, -0.15) is 5.10 Å². The minimum atomic E-state index is -0.687. The van der Waals surface area contributed by atoms with E-state index in [1.165, 1.54) is 25.5 Å². The van der Waals surface area contributed by atoms with Crippen molar-refractivity contribution >= 4 is 56.5 Å². The van der Waals surface area contributed by atoms with Crippen LogP contribution in [0, 0.1) is 5.82 Å². The van der Waals surface area contributed by atoms with Crippen LogP contribution in [0.4, 0.5) is 4.39 Å². The fourth-order valence-electron chi connectivity index (χ4n) is 4.18. The Labute approximate surface area is 241 Å². The molecule has 200 valence electrons. The molecule has 0 bridgehead atoms. The predicted molar refractivity (Wildman–Crippen MR) is 156 cm³/mol. The molecule has 1 amide bonds. The second kappa shape index (κ2) is 11.7. The molecule has 0 radical (unpaired) electrons. The van der Waals surface area contributed by atoms with Gasteiger partial charge >= 0.3 is 5.97 Å². The van der Waals surface area contributed by atoms with Crippen molar-refractivity contribution in [3.05, 3.63) is 117 Å². The lowest BCUT2D eigenvalue weighted by atomic mass is 10.0. The second-order valence-electron chi connectivity index (χ2n) is 8.52. The van der Waals surface area contributed by atoms with Crippen molar-refractivity contribution in [2.75, 3.05) is 7.11 Å². The van der Waals surface area contributed by atoms with Crippen LogP contribution in [0.25, 0.3) is 22.0 Å². The monoisotopic (exact) mass is 619 g/mol. The minimum Gasteiger partial charge on any atom is -0.496 e. The third kappa shape index (κ3) is 5.61.